The van der Waals surface area contributed by atoms with Gasteiger partial charge in [0, 0.05) is 36.4 Å². The molecular formula is C28H23F2N5O2. The number of nitrogens with two attached hydrogens (primary N) is 1. The summed E-state index contributed by atoms with van der Waals surface area (Å²) in [5.74, 6) is 1.06. The molecule has 1 saturated carbocycles. The maximum Gasteiger partial charge on any atom is 0.387 e. The Morgan fingerprint density at radius 1 is 1.16 bits per heavy atom. The van der Waals surface area contributed by atoms with Crippen molar-refractivity contribution < 1.29 is 18.3 Å². The summed E-state index contributed by atoms with van der Waals surface area (Å²) in [5, 5.41) is 0. The van der Waals surface area contributed by atoms with Gasteiger partial charge >= 0.3 is 6.61 Å². The number of rotatable bonds is 3. The first kappa shape index (κ1) is 21.3. The van der Waals surface area contributed by atoms with Gasteiger partial charge in [0.05, 0.1) is 34.3 Å². The minimum Gasteiger partial charge on any atom is -0.434 e. The van der Waals surface area contributed by atoms with E-state index < -0.39 is 6.61 Å². The van der Waals surface area contributed by atoms with Crippen molar-refractivity contribution >= 4 is 16.9 Å². The van der Waals surface area contributed by atoms with Crippen LogP contribution in [0.3, 0.4) is 0 Å². The zero-order valence-electron chi connectivity index (χ0n) is 20.0. The van der Waals surface area contributed by atoms with E-state index in [1.165, 1.54) is 11.6 Å². The van der Waals surface area contributed by atoms with Gasteiger partial charge < -0.3 is 19.9 Å². The molecule has 2 bridgehead atoms. The molecule has 7 nitrogen and oxygen atoms in total. The molecule has 37 heavy (non-hydrogen) atoms. The second-order valence-electron chi connectivity index (χ2n) is 10.7. The number of benzene rings is 2. The first-order valence-corrected chi connectivity index (χ1v) is 12.5. The predicted molar refractivity (Wildman–Crippen MR) is 131 cm³/mol. The Balaban J connectivity index is 1.30. The Morgan fingerprint density at radius 3 is 2.86 bits per heavy atom. The van der Waals surface area contributed by atoms with E-state index in [9.17, 15) is 13.6 Å². The van der Waals surface area contributed by atoms with Crippen molar-refractivity contribution in [2.24, 2.45) is 11.7 Å². The molecule has 1 amide bonds. The summed E-state index contributed by atoms with van der Waals surface area (Å²) in [6, 6.07) is 12.4. The molecule has 1 fully saturated rings. The van der Waals surface area contributed by atoms with Crippen LogP contribution in [0.4, 0.5) is 8.78 Å². The third-order valence-corrected chi connectivity index (χ3v) is 8.77. The number of nitrogens with zero attached hydrogens (tertiary/aromatic N) is 4. The Bertz CT molecular complexity index is 1670. The average Bonchev–Trinajstić information content (AvgIpc) is 3.15. The van der Waals surface area contributed by atoms with E-state index >= 15 is 0 Å². The zero-order chi connectivity index (χ0) is 25.2. The number of carbonyl (C=O) groups excluding carboxylic acids is 1. The molecule has 2 aromatic carbocycles. The summed E-state index contributed by atoms with van der Waals surface area (Å²) < 4.78 is 33.7. The summed E-state index contributed by atoms with van der Waals surface area (Å²) in [6.07, 6.45) is 4.40. The number of fused-ring (bicyclic) bond motifs is 12. The van der Waals surface area contributed by atoms with Crippen LogP contribution in [-0.2, 0) is 12.0 Å². The van der Waals surface area contributed by atoms with Crippen molar-refractivity contribution in [2.45, 2.75) is 43.5 Å². The minimum atomic E-state index is -2.99. The quantitative estimate of drug-likeness (QED) is 0.447. The summed E-state index contributed by atoms with van der Waals surface area (Å²) in [4.78, 5) is 24.6. The van der Waals surface area contributed by atoms with Gasteiger partial charge in [0.15, 0.2) is 0 Å². The molecule has 0 saturated heterocycles. The van der Waals surface area contributed by atoms with Crippen molar-refractivity contribution in [1.82, 2.24) is 19.4 Å². The second-order valence-corrected chi connectivity index (χ2v) is 10.7. The third kappa shape index (κ3) is 2.75. The van der Waals surface area contributed by atoms with Crippen molar-refractivity contribution in [1.29, 1.82) is 0 Å². The van der Waals surface area contributed by atoms with Crippen LogP contribution in [0.25, 0.3) is 22.2 Å². The molecule has 2 aliphatic heterocycles. The van der Waals surface area contributed by atoms with Gasteiger partial charge in [-0.15, -0.1) is 0 Å². The summed E-state index contributed by atoms with van der Waals surface area (Å²) in [7, 11) is 1.74. The topological polar surface area (TPSA) is 86.3 Å². The summed E-state index contributed by atoms with van der Waals surface area (Å²) in [6.45, 7) is -2.99. The molecule has 0 radical (unpaired) electrons. The van der Waals surface area contributed by atoms with Crippen LogP contribution >= 0.6 is 0 Å². The number of aromatic nitrogens is 3. The molecule has 4 atom stereocenters. The number of carbonyl (C=O) groups is 1. The van der Waals surface area contributed by atoms with Crippen LogP contribution in [0.5, 0.6) is 5.75 Å². The van der Waals surface area contributed by atoms with E-state index in [4.69, 9.17) is 20.4 Å². The minimum absolute atomic E-state index is 0.0304. The van der Waals surface area contributed by atoms with Crippen LogP contribution in [0, 0.1) is 5.92 Å². The van der Waals surface area contributed by atoms with Crippen LogP contribution in [0.15, 0.2) is 48.7 Å². The molecule has 4 aliphatic rings. The van der Waals surface area contributed by atoms with Crippen LogP contribution in [-0.4, -0.2) is 39.0 Å². The van der Waals surface area contributed by atoms with Crippen molar-refractivity contribution in [3.05, 3.63) is 76.9 Å². The lowest BCUT2D eigenvalue weighted by atomic mass is 9.97. The van der Waals surface area contributed by atoms with Gasteiger partial charge in [-0.3, -0.25) is 9.78 Å². The standard InChI is InChI=1S/C28H23F2N5O2/c1-34-21-10-20(23-17(26(34)36)3-2-4-22(23)37-27(29)30)35-19-9-13(5-6-18(19)33-25(21)35)15-7-14-8-16-11-28(16,31)24(14)32-12-15/h2-7,9,12,16,20-21,27H,8,10-11,31H2,1H3/t16-,20+,21+,28-/m0/s1. The molecule has 4 aromatic rings. The molecule has 0 unspecified atom stereocenters. The number of hydrogen-bond acceptors (Lipinski definition) is 5. The first-order valence-electron chi connectivity index (χ1n) is 12.5. The highest BCUT2D eigenvalue weighted by molar-refractivity contribution is 5.98. The van der Waals surface area contributed by atoms with Gasteiger partial charge in [0.1, 0.15) is 11.6 Å². The highest BCUT2D eigenvalue weighted by Crippen LogP contribution is 2.57. The number of alkyl halides is 2. The van der Waals surface area contributed by atoms with Crippen molar-refractivity contribution in [2.75, 3.05) is 7.05 Å². The van der Waals surface area contributed by atoms with E-state index in [-0.39, 0.29) is 29.3 Å². The smallest absolute Gasteiger partial charge is 0.387 e. The largest absolute Gasteiger partial charge is 0.434 e. The normalized spacial score (nSPS) is 26.7. The summed E-state index contributed by atoms with van der Waals surface area (Å²) >= 11 is 0. The SMILES string of the molecule is CN1C(=O)c2cccc(OC(F)F)c2[C@H]2C[C@@H]1c1nc3ccc(-c4cnc5c(c4)C[C@H]4C[C@@]54N)cc3n12. The molecule has 0 spiro atoms. The lowest BCUT2D eigenvalue weighted by Crippen LogP contribution is -2.30. The van der Waals surface area contributed by atoms with Gasteiger partial charge in [0.25, 0.3) is 5.91 Å². The lowest BCUT2D eigenvalue weighted by molar-refractivity contribution is -0.0507. The molecular weight excluding hydrogens is 476 g/mol. The molecule has 9 heteroatoms. The molecule has 8 rings (SSSR count). The fourth-order valence-electron chi connectivity index (χ4n) is 6.86. The predicted octanol–water partition coefficient (Wildman–Crippen LogP) is 4.55. The monoisotopic (exact) mass is 499 g/mol. The number of ether oxygens (including phenoxy) is 1. The van der Waals surface area contributed by atoms with Crippen LogP contribution in [0.1, 0.15) is 57.9 Å². The number of pyridine rings is 1. The van der Waals surface area contributed by atoms with Gasteiger partial charge in [-0.25, -0.2) is 4.98 Å². The highest BCUT2D eigenvalue weighted by atomic mass is 19.3. The Labute approximate surface area is 210 Å². The maximum atomic E-state index is 13.3. The summed E-state index contributed by atoms with van der Waals surface area (Å²) in [5.41, 5.74) is 13.0. The zero-order valence-corrected chi connectivity index (χ0v) is 20.0. The molecule has 186 valence electrons. The number of amides is 1. The maximum absolute atomic E-state index is 13.3. The lowest BCUT2D eigenvalue weighted by Gasteiger charge is -2.24. The number of halogens is 2. The molecule has 2 N–H and O–H groups in total. The molecule has 2 aliphatic carbocycles. The van der Waals surface area contributed by atoms with Gasteiger partial charge in [-0.1, -0.05) is 12.1 Å². The van der Waals surface area contributed by atoms with E-state index in [1.807, 2.05) is 18.3 Å². The Hall–Kier alpha value is -3.85. The fraction of sp³-hybridized carbons (Fsp3) is 0.321. The highest BCUT2D eigenvalue weighted by Gasteiger charge is 2.58. The number of hydrogen-bond donors (Lipinski definition) is 1. The Kier molecular flexibility index (Phi) is 3.97. The van der Waals surface area contributed by atoms with Crippen molar-refractivity contribution in [3.63, 3.8) is 0 Å². The number of imidazole rings is 1. The van der Waals surface area contributed by atoms with E-state index in [2.05, 4.69) is 16.7 Å². The van der Waals surface area contributed by atoms with Crippen LogP contribution < -0.4 is 10.5 Å². The Morgan fingerprint density at radius 2 is 2.03 bits per heavy atom. The van der Waals surface area contributed by atoms with Crippen molar-refractivity contribution in [3.8, 4) is 16.9 Å². The third-order valence-electron chi connectivity index (χ3n) is 8.77. The van der Waals surface area contributed by atoms with Gasteiger partial charge in [-0.2, -0.15) is 8.78 Å². The first-order chi connectivity index (χ1) is 17.8. The van der Waals surface area contributed by atoms with Gasteiger partial charge in [0.2, 0.25) is 0 Å². The van der Waals surface area contributed by atoms with Crippen LogP contribution in [0.2, 0.25) is 0 Å². The van der Waals surface area contributed by atoms with E-state index in [0.29, 0.717) is 23.5 Å². The van der Waals surface area contributed by atoms with Gasteiger partial charge in [-0.05, 0) is 60.2 Å². The fourth-order valence-corrected chi connectivity index (χ4v) is 6.86. The molecule has 2 aromatic heterocycles. The average molecular weight is 500 g/mol. The van der Waals surface area contributed by atoms with E-state index in [1.54, 1.807) is 24.1 Å². The molecule has 4 heterocycles. The van der Waals surface area contributed by atoms with E-state index in [0.717, 1.165) is 46.5 Å². The second kappa shape index (κ2) is 6.92.